The molecular weight excluding hydrogens is 354 g/mol. The van der Waals surface area contributed by atoms with Crippen LogP contribution < -0.4 is 11.1 Å². The van der Waals surface area contributed by atoms with Crippen molar-refractivity contribution in [1.82, 2.24) is 15.3 Å². The highest BCUT2D eigenvalue weighted by Gasteiger charge is 2.46. The van der Waals surface area contributed by atoms with Crippen molar-refractivity contribution in [2.45, 2.75) is 31.5 Å². The van der Waals surface area contributed by atoms with E-state index in [-0.39, 0.29) is 24.5 Å². The van der Waals surface area contributed by atoms with Crippen LogP contribution in [0.3, 0.4) is 0 Å². The molecule has 0 radical (unpaired) electrons. The first-order valence-electron chi connectivity index (χ1n) is 8.56. The van der Waals surface area contributed by atoms with Crippen LogP contribution in [-0.2, 0) is 16.2 Å². The summed E-state index contributed by atoms with van der Waals surface area (Å²) in [5, 5.41) is 11.8. The molecule has 4 amide bonds. The lowest BCUT2D eigenvalue weighted by molar-refractivity contribution is -0.140. The lowest BCUT2D eigenvalue weighted by Gasteiger charge is -2.29. The molecule has 2 bridgehead atoms. The molecule has 1 aromatic carbocycles. The Balaban J connectivity index is 1.61. The summed E-state index contributed by atoms with van der Waals surface area (Å²) in [6, 6.07) is 8.64. The Morgan fingerprint density at radius 3 is 2.74 bits per heavy atom. The van der Waals surface area contributed by atoms with Gasteiger partial charge in [0.1, 0.15) is 19.0 Å². The fraction of sp³-hybridized carbons (Fsp3) is 0.412. The van der Waals surface area contributed by atoms with Gasteiger partial charge in [0, 0.05) is 6.54 Å². The van der Waals surface area contributed by atoms with E-state index in [0.717, 1.165) is 5.56 Å². The zero-order chi connectivity index (χ0) is 19.4. The van der Waals surface area contributed by atoms with E-state index in [1.54, 1.807) is 0 Å². The average molecular weight is 375 g/mol. The normalized spacial score (nSPS) is 22.1. The number of nitrogens with one attached hydrogen (secondary N) is 1. The van der Waals surface area contributed by atoms with Crippen molar-refractivity contribution in [3.63, 3.8) is 0 Å². The van der Waals surface area contributed by atoms with E-state index < -0.39 is 24.6 Å². The Morgan fingerprint density at radius 1 is 1.30 bits per heavy atom. The van der Waals surface area contributed by atoms with Gasteiger partial charge in [0.05, 0.1) is 12.1 Å². The fourth-order valence-electron chi connectivity index (χ4n) is 3.23. The number of urea groups is 1. The number of fused-ring (bicyclic) bond motifs is 2. The van der Waals surface area contributed by atoms with Gasteiger partial charge in [-0.2, -0.15) is 10.1 Å². The van der Waals surface area contributed by atoms with Crippen molar-refractivity contribution < 1.29 is 24.3 Å². The molecule has 4 N–H and O–H groups in total. The van der Waals surface area contributed by atoms with E-state index in [1.807, 2.05) is 35.6 Å². The van der Waals surface area contributed by atoms with Crippen LogP contribution in [0, 0.1) is 0 Å². The number of aliphatic imine (C=N–C) groups is 1. The minimum Gasteiger partial charge on any atom is -0.465 e. The van der Waals surface area contributed by atoms with Crippen LogP contribution in [0.2, 0.25) is 0 Å². The molecule has 0 aliphatic carbocycles. The average Bonchev–Trinajstić information content (AvgIpc) is 2.89. The summed E-state index contributed by atoms with van der Waals surface area (Å²) in [6.45, 7) is 0.256. The van der Waals surface area contributed by atoms with Crippen molar-refractivity contribution in [3.8, 4) is 0 Å². The van der Waals surface area contributed by atoms with E-state index in [0.29, 0.717) is 19.4 Å². The lowest BCUT2D eigenvalue weighted by Crippen LogP contribution is -2.48. The van der Waals surface area contributed by atoms with Crippen LogP contribution >= 0.6 is 0 Å². The Kier molecular flexibility index (Phi) is 5.55. The fourth-order valence-corrected chi connectivity index (χ4v) is 3.23. The second kappa shape index (κ2) is 8.04. The SMILES string of the molecule is NC(=NC(=O)CNC(=O)O)[C@@H]1CC[C@@H]2CN1C(=O)N2OCc1ccccc1. The van der Waals surface area contributed by atoms with E-state index in [9.17, 15) is 14.4 Å². The van der Waals surface area contributed by atoms with E-state index in [1.165, 1.54) is 9.96 Å². The van der Waals surface area contributed by atoms with Crippen LogP contribution in [0.4, 0.5) is 9.59 Å². The molecule has 10 nitrogen and oxygen atoms in total. The molecule has 2 fully saturated rings. The number of carbonyl (C=O) groups is 3. The molecule has 2 saturated heterocycles. The molecule has 0 spiro atoms. The third-order valence-corrected chi connectivity index (χ3v) is 4.52. The number of nitrogens with two attached hydrogens (primary N) is 1. The van der Waals surface area contributed by atoms with Crippen LogP contribution in [-0.4, -0.2) is 64.1 Å². The van der Waals surface area contributed by atoms with Crippen LogP contribution in [0.25, 0.3) is 0 Å². The van der Waals surface area contributed by atoms with Gasteiger partial charge in [-0.25, -0.2) is 9.59 Å². The summed E-state index contributed by atoms with van der Waals surface area (Å²) in [4.78, 5) is 45.7. The van der Waals surface area contributed by atoms with Gasteiger partial charge in [0.15, 0.2) is 0 Å². The maximum atomic E-state index is 12.7. The van der Waals surface area contributed by atoms with Gasteiger partial charge in [0.25, 0.3) is 5.91 Å². The van der Waals surface area contributed by atoms with Crippen molar-refractivity contribution in [2.75, 3.05) is 13.1 Å². The molecule has 2 atom stereocenters. The number of hydrogen-bond acceptors (Lipinski definition) is 4. The Morgan fingerprint density at radius 2 is 2.04 bits per heavy atom. The number of piperidine rings is 1. The lowest BCUT2D eigenvalue weighted by atomic mass is 10.0. The van der Waals surface area contributed by atoms with Gasteiger partial charge in [-0.05, 0) is 18.4 Å². The first kappa shape index (κ1) is 18.6. The van der Waals surface area contributed by atoms with Crippen molar-refractivity contribution in [1.29, 1.82) is 0 Å². The monoisotopic (exact) mass is 375 g/mol. The van der Waals surface area contributed by atoms with Gasteiger partial charge in [0.2, 0.25) is 0 Å². The molecule has 2 aliphatic rings. The number of amidine groups is 1. The van der Waals surface area contributed by atoms with Crippen molar-refractivity contribution in [3.05, 3.63) is 35.9 Å². The maximum Gasteiger partial charge on any atom is 0.405 e. The van der Waals surface area contributed by atoms with Crippen LogP contribution in [0.5, 0.6) is 0 Å². The topological polar surface area (TPSA) is 138 Å². The number of carboxylic acid groups (broad SMARTS) is 1. The highest BCUT2D eigenvalue weighted by molar-refractivity contribution is 5.99. The van der Waals surface area contributed by atoms with Crippen LogP contribution in [0.15, 0.2) is 35.3 Å². The van der Waals surface area contributed by atoms with Gasteiger partial charge >= 0.3 is 12.1 Å². The zero-order valence-corrected chi connectivity index (χ0v) is 14.6. The van der Waals surface area contributed by atoms with Gasteiger partial charge < -0.3 is 21.1 Å². The summed E-state index contributed by atoms with van der Waals surface area (Å²) in [5.41, 5.74) is 6.87. The molecule has 3 rings (SSSR count). The standard InChI is InChI=1S/C17H21N5O5/c18-15(20-14(23)8-19-16(24)25)13-7-6-12-9-21(13)17(26)22(12)27-10-11-4-2-1-3-5-11/h1-5,12-13,19H,6-10H2,(H,24,25)(H2,18,20,23)/t12-,13+/m1/s1. The number of hydrogen-bond donors (Lipinski definition) is 3. The van der Waals surface area contributed by atoms with E-state index in [2.05, 4.69) is 4.99 Å². The smallest absolute Gasteiger partial charge is 0.405 e. The largest absolute Gasteiger partial charge is 0.465 e. The Hall–Kier alpha value is -3.14. The van der Waals surface area contributed by atoms with Gasteiger partial charge in [-0.15, -0.1) is 0 Å². The predicted octanol–water partition coefficient (Wildman–Crippen LogP) is 0.538. The second-order valence-electron chi connectivity index (χ2n) is 6.36. The molecule has 0 unspecified atom stereocenters. The quantitative estimate of drug-likeness (QED) is 0.490. The number of rotatable bonds is 6. The summed E-state index contributed by atoms with van der Waals surface area (Å²) >= 11 is 0. The first-order chi connectivity index (χ1) is 13.0. The molecule has 27 heavy (non-hydrogen) atoms. The van der Waals surface area contributed by atoms with Crippen molar-refractivity contribution in [2.24, 2.45) is 10.7 Å². The number of amides is 4. The Bertz CT molecular complexity index is 753. The molecule has 1 aromatic rings. The number of carbonyl (C=O) groups excluding carboxylic acids is 2. The van der Waals surface area contributed by atoms with Crippen molar-refractivity contribution >= 4 is 23.9 Å². The first-order valence-corrected chi connectivity index (χ1v) is 8.56. The third kappa shape index (κ3) is 4.34. The van der Waals surface area contributed by atoms with E-state index in [4.69, 9.17) is 15.7 Å². The molecule has 10 heteroatoms. The highest BCUT2D eigenvalue weighted by Crippen LogP contribution is 2.30. The maximum absolute atomic E-state index is 12.7. The summed E-state index contributed by atoms with van der Waals surface area (Å²) < 4.78 is 0. The molecule has 2 aliphatic heterocycles. The van der Waals surface area contributed by atoms with Crippen LogP contribution in [0.1, 0.15) is 18.4 Å². The Labute approximate surface area is 155 Å². The minimum atomic E-state index is -1.32. The van der Waals surface area contributed by atoms with Gasteiger partial charge in [-0.3, -0.25) is 9.63 Å². The zero-order valence-electron chi connectivity index (χ0n) is 14.6. The summed E-state index contributed by atoms with van der Waals surface area (Å²) in [6.07, 6.45) is -0.102. The molecule has 144 valence electrons. The number of nitrogens with zero attached hydrogens (tertiary/aromatic N) is 3. The number of benzene rings is 1. The van der Waals surface area contributed by atoms with E-state index >= 15 is 0 Å². The second-order valence-corrected chi connectivity index (χ2v) is 6.36. The third-order valence-electron chi connectivity index (χ3n) is 4.52. The molecular formula is C17H21N5O5. The summed E-state index contributed by atoms with van der Waals surface area (Å²) in [7, 11) is 0. The molecule has 0 saturated carbocycles. The van der Waals surface area contributed by atoms with Gasteiger partial charge in [-0.1, -0.05) is 30.3 Å². The molecule has 2 heterocycles. The number of hydroxylamine groups is 2. The molecule has 0 aromatic heterocycles. The summed E-state index contributed by atoms with van der Waals surface area (Å²) in [5.74, 6) is -0.704. The highest BCUT2D eigenvalue weighted by atomic mass is 16.7. The predicted molar refractivity (Wildman–Crippen MR) is 94.6 cm³/mol. The minimum absolute atomic E-state index is 0.00361.